The lowest BCUT2D eigenvalue weighted by Crippen LogP contribution is -2.47. The number of amides is 1. The van der Waals surface area contributed by atoms with Gasteiger partial charge in [0.25, 0.3) is 5.91 Å². The lowest BCUT2D eigenvalue weighted by atomic mass is 10.2. The molecule has 0 radical (unpaired) electrons. The Morgan fingerprint density at radius 1 is 1.17 bits per heavy atom. The topological polar surface area (TPSA) is 61.4 Å². The van der Waals surface area contributed by atoms with E-state index in [4.69, 9.17) is 0 Å². The first kappa shape index (κ1) is 15.9. The van der Waals surface area contributed by atoms with Crippen molar-refractivity contribution in [3.63, 3.8) is 0 Å². The second-order valence-electron chi connectivity index (χ2n) is 5.52. The number of hydrogen-bond donors (Lipinski definition) is 1. The van der Waals surface area contributed by atoms with Crippen molar-refractivity contribution in [2.45, 2.75) is 0 Å². The number of piperazine rings is 1. The van der Waals surface area contributed by atoms with Gasteiger partial charge >= 0.3 is 0 Å². The van der Waals surface area contributed by atoms with E-state index >= 15 is 0 Å². The Morgan fingerprint density at radius 3 is 2.70 bits per heavy atom. The van der Waals surface area contributed by atoms with E-state index in [9.17, 15) is 4.79 Å². The highest BCUT2D eigenvalue weighted by Gasteiger charge is 2.21. The van der Waals surface area contributed by atoms with Gasteiger partial charge in [-0.1, -0.05) is 22.0 Å². The van der Waals surface area contributed by atoms with Crippen LogP contribution in [0.3, 0.4) is 0 Å². The summed E-state index contributed by atoms with van der Waals surface area (Å²) in [5.41, 5.74) is 1.32. The highest BCUT2D eigenvalue weighted by molar-refractivity contribution is 9.10. The number of nitrogens with one attached hydrogen (secondary N) is 1. The Hall–Kier alpha value is -1.99. The number of carbonyl (C=O) groups is 1. The van der Waals surface area contributed by atoms with Crippen molar-refractivity contribution in [2.24, 2.45) is 0 Å². The predicted molar refractivity (Wildman–Crippen MR) is 92.9 cm³/mol. The zero-order valence-electron chi connectivity index (χ0n) is 12.9. The van der Waals surface area contributed by atoms with E-state index < -0.39 is 0 Å². The fraction of sp³-hybridized carbons (Fsp3) is 0.312. The number of aromatic nitrogens is 2. The number of benzene rings is 1. The van der Waals surface area contributed by atoms with E-state index in [1.165, 1.54) is 6.33 Å². The van der Waals surface area contributed by atoms with Gasteiger partial charge in [0, 0.05) is 42.4 Å². The van der Waals surface area contributed by atoms with Crippen LogP contribution in [0.4, 0.5) is 11.5 Å². The van der Waals surface area contributed by atoms with Gasteiger partial charge in [-0.15, -0.1) is 0 Å². The molecule has 0 unspecified atom stereocenters. The second kappa shape index (κ2) is 7.06. The summed E-state index contributed by atoms with van der Waals surface area (Å²) in [6.45, 7) is 3.24. The summed E-state index contributed by atoms with van der Waals surface area (Å²) >= 11 is 3.43. The van der Waals surface area contributed by atoms with Crippen LogP contribution in [0, 0.1) is 0 Å². The number of hydrogen-bond acceptors (Lipinski definition) is 5. The van der Waals surface area contributed by atoms with Gasteiger partial charge in [-0.2, -0.15) is 0 Å². The molecule has 2 aromatic rings. The molecule has 2 heterocycles. The van der Waals surface area contributed by atoms with Crippen LogP contribution in [0.25, 0.3) is 0 Å². The maximum atomic E-state index is 12.5. The fourth-order valence-electron chi connectivity index (χ4n) is 2.43. The quantitative estimate of drug-likeness (QED) is 0.891. The molecule has 1 saturated heterocycles. The molecule has 1 fully saturated rings. The fourth-order valence-corrected chi connectivity index (χ4v) is 2.83. The molecule has 1 aliphatic heterocycles. The van der Waals surface area contributed by atoms with E-state index in [1.54, 1.807) is 6.07 Å². The molecule has 1 aromatic heterocycles. The number of carbonyl (C=O) groups excluding carboxylic acids is 1. The molecule has 1 amide bonds. The van der Waals surface area contributed by atoms with Crippen LogP contribution in [0.2, 0.25) is 0 Å². The van der Waals surface area contributed by atoms with Crippen LogP contribution in [0.5, 0.6) is 0 Å². The van der Waals surface area contributed by atoms with Crippen molar-refractivity contribution in [3.8, 4) is 0 Å². The van der Waals surface area contributed by atoms with Crippen LogP contribution in [0.1, 0.15) is 10.5 Å². The van der Waals surface area contributed by atoms with E-state index in [-0.39, 0.29) is 5.91 Å². The Labute approximate surface area is 143 Å². The van der Waals surface area contributed by atoms with Gasteiger partial charge < -0.3 is 15.1 Å². The van der Waals surface area contributed by atoms with Crippen molar-refractivity contribution in [1.29, 1.82) is 0 Å². The minimum atomic E-state index is -0.0437. The Balaban J connectivity index is 1.73. The SMILES string of the molecule is CN1CCN(C(=O)c2cc(Nc3cccc(Br)c3)ncn2)CC1. The first-order valence-corrected chi connectivity index (χ1v) is 8.23. The lowest BCUT2D eigenvalue weighted by Gasteiger charge is -2.32. The minimum Gasteiger partial charge on any atom is -0.340 e. The number of halogens is 1. The summed E-state index contributed by atoms with van der Waals surface area (Å²) in [6.07, 6.45) is 1.42. The number of nitrogens with zero attached hydrogens (tertiary/aromatic N) is 4. The molecule has 0 atom stereocenters. The van der Waals surface area contributed by atoms with E-state index in [2.05, 4.69) is 43.2 Å². The van der Waals surface area contributed by atoms with Crippen LogP contribution >= 0.6 is 15.9 Å². The molecule has 23 heavy (non-hydrogen) atoms. The van der Waals surface area contributed by atoms with E-state index in [1.807, 2.05) is 29.2 Å². The van der Waals surface area contributed by atoms with Gasteiger partial charge in [0.15, 0.2) is 0 Å². The Morgan fingerprint density at radius 2 is 1.96 bits per heavy atom. The highest BCUT2D eigenvalue weighted by atomic mass is 79.9. The molecule has 1 N–H and O–H groups in total. The van der Waals surface area contributed by atoms with Crippen LogP contribution in [0.15, 0.2) is 41.1 Å². The lowest BCUT2D eigenvalue weighted by molar-refractivity contribution is 0.0658. The highest BCUT2D eigenvalue weighted by Crippen LogP contribution is 2.19. The molecule has 0 spiro atoms. The standard InChI is InChI=1S/C16H18BrN5O/c1-21-5-7-22(8-6-21)16(23)14-10-15(19-11-18-14)20-13-4-2-3-12(17)9-13/h2-4,9-11H,5-8H2,1H3,(H,18,19,20). The van der Waals surface area contributed by atoms with Gasteiger partial charge in [0.2, 0.25) is 0 Å². The normalized spacial score (nSPS) is 15.5. The summed E-state index contributed by atoms with van der Waals surface area (Å²) in [7, 11) is 2.06. The first-order chi connectivity index (χ1) is 11.1. The molecule has 0 aliphatic carbocycles. The van der Waals surface area contributed by atoms with Crippen molar-refractivity contribution in [2.75, 3.05) is 38.5 Å². The van der Waals surface area contributed by atoms with Gasteiger partial charge in [0.1, 0.15) is 17.8 Å². The summed E-state index contributed by atoms with van der Waals surface area (Å²) in [6, 6.07) is 9.47. The maximum absolute atomic E-state index is 12.5. The summed E-state index contributed by atoms with van der Waals surface area (Å²) in [5.74, 6) is 0.563. The van der Waals surface area contributed by atoms with E-state index in [0.717, 1.165) is 36.3 Å². The maximum Gasteiger partial charge on any atom is 0.272 e. The third-order valence-electron chi connectivity index (χ3n) is 3.77. The van der Waals surface area contributed by atoms with Crippen LogP contribution in [-0.4, -0.2) is 58.9 Å². The van der Waals surface area contributed by atoms with Gasteiger partial charge in [-0.25, -0.2) is 9.97 Å². The summed E-state index contributed by atoms with van der Waals surface area (Å²) in [4.78, 5) is 24.9. The van der Waals surface area contributed by atoms with Crippen LogP contribution < -0.4 is 5.32 Å². The van der Waals surface area contributed by atoms with Crippen molar-refractivity contribution < 1.29 is 4.79 Å². The predicted octanol–water partition coefficient (Wildman–Crippen LogP) is 2.37. The summed E-state index contributed by atoms with van der Waals surface area (Å²) in [5, 5.41) is 3.19. The third-order valence-corrected chi connectivity index (χ3v) is 4.27. The molecule has 0 bridgehead atoms. The monoisotopic (exact) mass is 375 g/mol. The molecular formula is C16H18BrN5O. The number of anilines is 2. The summed E-state index contributed by atoms with van der Waals surface area (Å²) < 4.78 is 0.977. The first-order valence-electron chi connectivity index (χ1n) is 7.44. The Bertz CT molecular complexity index is 700. The molecule has 3 rings (SSSR count). The van der Waals surface area contributed by atoms with Crippen molar-refractivity contribution >= 4 is 33.3 Å². The van der Waals surface area contributed by atoms with E-state index in [0.29, 0.717) is 11.5 Å². The average Bonchev–Trinajstić information content (AvgIpc) is 2.55. The van der Waals surface area contributed by atoms with Crippen molar-refractivity contribution in [1.82, 2.24) is 19.8 Å². The molecule has 1 aliphatic rings. The average molecular weight is 376 g/mol. The Kier molecular flexibility index (Phi) is 4.88. The van der Waals surface area contributed by atoms with Gasteiger partial charge in [0.05, 0.1) is 0 Å². The zero-order chi connectivity index (χ0) is 16.2. The van der Waals surface area contributed by atoms with Gasteiger partial charge in [-0.05, 0) is 25.2 Å². The number of likely N-dealkylation sites (N-methyl/N-ethyl adjacent to an activating group) is 1. The number of rotatable bonds is 3. The second-order valence-corrected chi connectivity index (χ2v) is 6.43. The minimum absolute atomic E-state index is 0.0437. The third kappa shape index (κ3) is 4.05. The van der Waals surface area contributed by atoms with Crippen molar-refractivity contribution in [3.05, 3.63) is 46.8 Å². The molecule has 0 saturated carbocycles. The zero-order valence-corrected chi connectivity index (χ0v) is 14.5. The molecule has 120 valence electrons. The molecule has 1 aromatic carbocycles. The molecule has 7 heteroatoms. The largest absolute Gasteiger partial charge is 0.340 e. The van der Waals surface area contributed by atoms with Crippen LogP contribution in [-0.2, 0) is 0 Å². The molecular weight excluding hydrogens is 358 g/mol. The molecule has 6 nitrogen and oxygen atoms in total. The smallest absolute Gasteiger partial charge is 0.272 e. The van der Waals surface area contributed by atoms with Gasteiger partial charge in [-0.3, -0.25) is 4.79 Å².